The first-order valence-electron chi connectivity index (χ1n) is 5.31. The lowest BCUT2D eigenvalue weighted by Gasteiger charge is -2.23. The highest BCUT2D eigenvalue weighted by atomic mass is 79.9. The van der Waals surface area contributed by atoms with Crippen LogP contribution in [-0.4, -0.2) is 29.2 Å². The van der Waals surface area contributed by atoms with Gasteiger partial charge in [0.15, 0.2) is 0 Å². The summed E-state index contributed by atoms with van der Waals surface area (Å²) in [5.74, 6) is 0.324. The molecule has 0 spiro atoms. The minimum absolute atomic E-state index is 0.00846. The van der Waals surface area contributed by atoms with Gasteiger partial charge in [0.05, 0.1) is 4.92 Å². The Labute approximate surface area is 107 Å². The lowest BCUT2D eigenvalue weighted by Crippen LogP contribution is -2.28. The molecule has 0 unspecified atom stereocenters. The molecule has 0 aromatic carbocycles. The molecular weight excluding hydrogens is 290 g/mol. The standard InChI is InChI=1S/C10H12BrN3O3/c11-7-5-9(14(15)16)10(12-6-7)13-8-1-3-17-4-2-8/h5-6,8H,1-4H2,(H,12,13). The van der Waals surface area contributed by atoms with Crippen molar-refractivity contribution in [2.45, 2.75) is 18.9 Å². The molecule has 7 heteroatoms. The largest absolute Gasteiger partial charge is 0.381 e. The number of halogens is 1. The summed E-state index contributed by atoms with van der Waals surface area (Å²) in [5, 5.41) is 14.0. The lowest BCUT2D eigenvalue weighted by atomic mass is 10.1. The maximum absolute atomic E-state index is 10.9. The predicted octanol–water partition coefficient (Wildman–Crippen LogP) is 2.34. The van der Waals surface area contributed by atoms with Crippen LogP contribution >= 0.6 is 15.9 Å². The summed E-state index contributed by atoms with van der Waals surface area (Å²) in [6, 6.07) is 1.64. The van der Waals surface area contributed by atoms with E-state index in [1.165, 1.54) is 6.07 Å². The van der Waals surface area contributed by atoms with Crippen molar-refractivity contribution in [2.24, 2.45) is 0 Å². The Morgan fingerprint density at radius 1 is 1.53 bits per heavy atom. The normalized spacial score (nSPS) is 16.8. The number of nitrogens with one attached hydrogen (secondary N) is 1. The van der Waals surface area contributed by atoms with Crippen LogP contribution in [0, 0.1) is 10.1 Å². The number of hydrogen-bond acceptors (Lipinski definition) is 5. The second-order valence-corrected chi connectivity index (χ2v) is 4.73. The summed E-state index contributed by atoms with van der Waals surface area (Å²) >= 11 is 3.18. The zero-order chi connectivity index (χ0) is 12.3. The average molecular weight is 302 g/mol. The lowest BCUT2D eigenvalue weighted by molar-refractivity contribution is -0.384. The molecule has 1 aliphatic rings. The molecule has 0 radical (unpaired) electrons. The van der Waals surface area contributed by atoms with E-state index in [1.807, 2.05) is 0 Å². The number of rotatable bonds is 3. The Kier molecular flexibility index (Phi) is 3.90. The fourth-order valence-electron chi connectivity index (χ4n) is 1.71. The van der Waals surface area contributed by atoms with E-state index in [4.69, 9.17) is 4.74 Å². The number of hydrogen-bond donors (Lipinski definition) is 1. The van der Waals surface area contributed by atoms with Crippen LogP contribution in [0.15, 0.2) is 16.7 Å². The highest BCUT2D eigenvalue weighted by Gasteiger charge is 2.20. The molecule has 1 aromatic rings. The second kappa shape index (κ2) is 5.42. The molecule has 2 rings (SSSR count). The van der Waals surface area contributed by atoms with Crippen molar-refractivity contribution in [1.29, 1.82) is 0 Å². The van der Waals surface area contributed by atoms with Gasteiger partial charge < -0.3 is 10.1 Å². The fraction of sp³-hybridized carbons (Fsp3) is 0.500. The van der Waals surface area contributed by atoms with Crippen LogP contribution in [0.1, 0.15) is 12.8 Å². The first-order valence-corrected chi connectivity index (χ1v) is 6.10. The second-order valence-electron chi connectivity index (χ2n) is 3.81. The molecule has 17 heavy (non-hydrogen) atoms. The van der Waals surface area contributed by atoms with Gasteiger partial charge in [0.1, 0.15) is 0 Å². The molecule has 1 N–H and O–H groups in total. The van der Waals surface area contributed by atoms with E-state index in [1.54, 1.807) is 6.20 Å². The van der Waals surface area contributed by atoms with E-state index < -0.39 is 4.92 Å². The number of pyridine rings is 1. The average Bonchev–Trinajstić information content (AvgIpc) is 2.32. The molecule has 1 saturated heterocycles. The summed E-state index contributed by atoms with van der Waals surface area (Å²) < 4.78 is 5.83. The fourth-order valence-corrected chi connectivity index (χ4v) is 2.03. The van der Waals surface area contributed by atoms with Crippen LogP contribution < -0.4 is 5.32 Å². The predicted molar refractivity (Wildman–Crippen MR) is 66.1 cm³/mol. The van der Waals surface area contributed by atoms with E-state index in [9.17, 15) is 10.1 Å². The molecule has 1 fully saturated rings. The van der Waals surface area contributed by atoms with Crippen LogP contribution in [0.2, 0.25) is 0 Å². The number of anilines is 1. The van der Waals surface area contributed by atoms with Gasteiger partial charge in [0.25, 0.3) is 0 Å². The number of nitro groups is 1. The minimum atomic E-state index is -0.431. The maximum Gasteiger partial charge on any atom is 0.312 e. The van der Waals surface area contributed by atoms with Crippen LogP contribution in [0.3, 0.4) is 0 Å². The Morgan fingerprint density at radius 2 is 2.24 bits per heavy atom. The third kappa shape index (κ3) is 3.13. The third-order valence-corrected chi connectivity index (χ3v) is 3.03. The third-order valence-electron chi connectivity index (χ3n) is 2.59. The maximum atomic E-state index is 10.9. The molecule has 1 aliphatic heterocycles. The van der Waals surface area contributed by atoms with Gasteiger partial charge in [0, 0.05) is 36.0 Å². The summed E-state index contributed by atoms with van der Waals surface area (Å²) in [4.78, 5) is 14.5. The van der Waals surface area contributed by atoms with E-state index >= 15 is 0 Å². The van der Waals surface area contributed by atoms with Gasteiger partial charge in [0.2, 0.25) is 5.82 Å². The molecule has 0 atom stereocenters. The van der Waals surface area contributed by atoms with Gasteiger partial charge in [-0.3, -0.25) is 10.1 Å². The topological polar surface area (TPSA) is 77.3 Å². The van der Waals surface area contributed by atoms with Gasteiger partial charge >= 0.3 is 5.69 Å². The van der Waals surface area contributed by atoms with Crippen LogP contribution in [-0.2, 0) is 4.74 Å². The van der Waals surface area contributed by atoms with Gasteiger partial charge in [-0.25, -0.2) is 4.98 Å². The summed E-state index contributed by atoms with van der Waals surface area (Å²) in [6.07, 6.45) is 3.23. The molecule has 0 bridgehead atoms. The van der Waals surface area contributed by atoms with E-state index in [-0.39, 0.29) is 11.7 Å². The van der Waals surface area contributed by atoms with Crippen molar-refractivity contribution in [3.8, 4) is 0 Å². The summed E-state index contributed by atoms with van der Waals surface area (Å²) in [6.45, 7) is 1.37. The van der Waals surface area contributed by atoms with Crippen molar-refractivity contribution < 1.29 is 9.66 Å². The van der Waals surface area contributed by atoms with E-state index in [0.29, 0.717) is 23.5 Å². The van der Waals surface area contributed by atoms with Gasteiger partial charge in [-0.1, -0.05) is 0 Å². The quantitative estimate of drug-likeness (QED) is 0.685. The molecule has 2 heterocycles. The highest BCUT2D eigenvalue weighted by molar-refractivity contribution is 9.10. The molecule has 6 nitrogen and oxygen atoms in total. The van der Waals surface area contributed by atoms with Crippen LogP contribution in [0.4, 0.5) is 11.5 Å². The van der Waals surface area contributed by atoms with Crippen LogP contribution in [0.5, 0.6) is 0 Å². The first kappa shape index (κ1) is 12.3. The number of nitrogens with zero attached hydrogens (tertiary/aromatic N) is 2. The van der Waals surface area contributed by atoms with E-state index in [2.05, 4.69) is 26.2 Å². The molecule has 0 amide bonds. The van der Waals surface area contributed by atoms with Crippen molar-refractivity contribution >= 4 is 27.4 Å². The molecule has 92 valence electrons. The zero-order valence-electron chi connectivity index (χ0n) is 9.06. The summed E-state index contributed by atoms with van der Waals surface area (Å²) in [5.41, 5.74) is -0.00846. The zero-order valence-corrected chi connectivity index (χ0v) is 10.6. The Balaban J connectivity index is 2.16. The van der Waals surface area contributed by atoms with Crippen molar-refractivity contribution in [2.75, 3.05) is 18.5 Å². The van der Waals surface area contributed by atoms with Gasteiger partial charge in [-0.15, -0.1) is 0 Å². The molecule has 0 saturated carbocycles. The number of ether oxygens (including phenoxy) is 1. The first-order chi connectivity index (χ1) is 8.16. The Morgan fingerprint density at radius 3 is 2.88 bits per heavy atom. The Hall–Kier alpha value is -1.21. The minimum Gasteiger partial charge on any atom is -0.381 e. The monoisotopic (exact) mass is 301 g/mol. The summed E-state index contributed by atoms with van der Waals surface area (Å²) in [7, 11) is 0. The van der Waals surface area contributed by atoms with Gasteiger partial charge in [-0.2, -0.15) is 0 Å². The highest BCUT2D eigenvalue weighted by Crippen LogP contribution is 2.26. The Bertz CT molecular complexity index is 421. The van der Waals surface area contributed by atoms with Gasteiger partial charge in [-0.05, 0) is 28.8 Å². The van der Waals surface area contributed by atoms with Crippen molar-refractivity contribution in [1.82, 2.24) is 4.98 Å². The SMILES string of the molecule is O=[N+]([O-])c1cc(Br)cnc1NC1CCOCC1. The smallest absolute Gasteiger partial charge is 0.312 e. The molecule has 0 aliphatic carbocycles. The number of aromatic nitrogens is 1. The van der Waals surface area contributed by atoms with Crippen LogP contribution in [0.25, 0.3) is 0 Å². The molecular formula is C10H12BrN3O3. The molecule has 1 aromatic heterocycles. The van der Waals surface area contributed by atoms with Crippen molar-refractivity contribution in [3.05, 3.63) is 26.9 Å². The van der Waals surface area contributed by atoms with Crippen molar-refractivity contribution in [3.63, 3.8) is 0 Å². The van der Waals surface area contributed by atoms with E-state index in [0.717, 1.165) is 12.8 Å².